The smallest absolute Gasteiger partial charge is 0.0543 e. The molecule has 0 aliphatic rings. The summed E-state index contributed by atoms with van der Waals surface area (Å²) in [5.74, 6) is 0.449. The molecule has 0 spiro atoms. The first kappa shape index (κ1) is 11.2. The van der Waals surface area contributed by atoms with Crippen molar-refractivity contribution >= 4 is 0 Å². The third-order valence-electron chi connectivity index (χ3n) is 2.33. The van der Waals surface area contributed by atoms with Crippen LogP contribution in [0.25, 0.3) is 0 Å². The van der Waals surface area contributed by atoms with Gasteiger partial charge in [0.05, 0.1) is 6.61 Å². The number of ether oxygens (including phenoxy) is 1. The van der Waals surface area contributed by atoms with Gasteiger partial charge in [0.1, 0.15) is 0 Å². The molecule has 0 amide bonds. The molecular weight excluding hydrogens is 174 g/mol. The molecule has 0 fully saturated rings. The van der Waals surface area contributed by atoms with Crippen LogP contribution in [-0.2, 0) is 4.74 Å². The molecule has 0 aliphatic heterocycles. The second-order valence-corrected chi connectivity index (χ2v) is 3.62. The van der Waals surface area contributed by atoms with Crippen LogP contribution in [0.4, 0.5) is 0 Å². The Morgan fingerprint density at radius 2 is 2.21 bits per heavy atom. The first-order valence-electron chi connectivity index (χ1n) is 4.98. The van der Waals surface area contributed by atoms with Crippen molar-refractivity contribution < 1.29 is 4.74 Å². The van der Waals surface area contributed by atoms with E-state index in [4.69, 9.17) is 4.74 Å². The average Bonchev–Trinajstić information content (AvgIpc) is 2.17. The zero-order valence-corrected chi connectivity index (χ0v) is 9.21. The minimum atomic E-state index is 0.449. The molecule has 0 saturated carbocycles. The van der Waals surface area contributed by atoms with Crippen molar-refractivity contribution in [1.82, 2.24) is 5.32 Å². The van der Waals surface area contributed by atoms with E-state index in [9.17, 15) is 0 Å². The van der Waals surface area contributed by atoms with E-state index < -0.39 is 0 Å². The van der Waals surface area contributed by atoms with Crippen LogP contribution in [0.3, 0.4) is 0 Å². The minimum Gasteiger partial charge on any atom is -0.384 e. The summed E-state index contributed by atoms with van der Waals surface area (Å²) in [5, 5.41) is 3.19. The van der Waals surface area contributed by atoms with E-state index >= 15 is 0 Å². The van der Waals surface area contributed by atoms with Crippen molar-refractivity contribution in [2.24, 2.45) is 0 Å². The summed E-state index contributed by atoms with van der Waals surface area (Å²) in [6, 6.07) is 8.60. The van der Waals surface area contributed by atoms with Crippen molar-refractivity contribution in [3.63, 3.8) is 0 Å². The van der Waals surface area contributed by atoms with E-state index in [0.717, 1.165) is 13.2 Å². The van der Waals surface area contributed by atoms with Crippen LogP contribution in [0.2, 0.25) is 0 Å². The Labute approximate surface area is 86.3 Å². The molecule has 0 aliphatic carbocycles. The molecule has 0 heterocycles. The summed E-state index contributed by atoms with van der Waals surface area (Å²) >= 11 is 0. The Bertz CT molecular complexity index is 267. The molecule has 1 aromatic rings. The second-order valence-electron chi connectivity index (χ2n) is 3.62. The Morgan fingerprint density at radius 3 is 2.79 bits per heavy atom. The SMILES string of the molecule is CNCC(COC)c1cccc(C)c1. The van der Waals surface area contributed by atoms with Crippen molar-refractivity contribution in [2.45, 2.75) is 12.8 Å². The normalized spacial score (nSPS) is 12.8. The van der Waals surface area contributed by atoms with Crippen LogP contribution in [0.15, 0.2) is 24.3 Å². The van der Waals surface area contributed by atoms with Gasteiger partial charge in [-0.3, -0.25) is 0 Å². The van der Waals surface area contributed by atoms with Gasteiger partial charge < -0.3 is 10.1 Å². The zero-order valence-electron chi connectivity index (χ0n) is 9.21. The van der Waals surface area contributed by atoms with Gasteiger partial charge in [-0.15, -0.1) is 0 Å². The third-order valence-corrected chi connectivity index (χ3v) is 2.33. The number of rotatable bonds is 5. The van der Waals surface area contributed by atoms with Crippen molar-refractivity contribution in [3.05, 3.63) is 35.4 Å². The summed E-state index contributed by atoms with van der Waals surface area (Å²) in [4.78, 5) is 0. The lowest BCUT2D eigenvalue weighted by Crippen LogP contribution is -2.20. The zero-order chi connectivity index (χ0) is 10.4. The van der Waals surface area contributed by atoms with Gasteiger partial charge in [-0.25, -0.2) is 0 Å². The standard InChI is InChI=1S/C12H19NO/c1-10-5-4-6-11(7-10)12(8-13-2)9-14-3/h4-7,12-13H,8-9H2,1-3H3. The molecule has 0 bridgehead atoms. The Kier molecular flexibility index (Phi) is 4.63. The highest BCUT2D eigenvalue weighted by molar-refractivity contribution is 5.25. The lowest BCUT2D eigenvalue weighted by molar-refractivity contribution is 0.178. The maximum absolute atomic E-state index is 5.21. The van der Waals surface area contributed by atoms with Crippen LogP contribution in [-0.4, -0.2) is 27.3 Å². The van der Waals surface area contributed by atoms with Crippen LogP contribution in [0.1, 0.15) is 17.0 Å². The second kappa shape index (κ2) is 5.78. The van der Waals surface area contributed by atoms with Gasteiger partial charge >= 0.3 is 0 Å². The molecule has 2 nitrogen and oxygen atoms in total. The number of methoxy groups -OCH3 is 1. The maximum atomic E-state index is 5.21. The van der Waals surface area contributed by atoms with E-state index in [0.29, 0.717) is 5.92 Å². The molecule has 1 N–H and O–H groups in total. The minimum absolute atomic E-state index is 0.449. The summed E-state index contributed by atoms with van der Waals surface area (Å²) in [5.41, 5.74) is 2.65. The fourth-order valence-electron chi connectivity index (χ4n) is 1.64. The molecule has 14 heavy (non-hydrogen) atoms. The lowest BCUT2D eigenvalue weighted by atomic mass is 9.98. The largest absolute Gasteiger partial charge is 0.384 e. The number of hydrogen-bond acceptors (Lipinski definition) is 2. The summed E-state index contributed by atoms with van der Waals surface area (Å²) in [7, 11) is 3.72. The third kappa shape index (κ3) is 3.13. The van der Waals surface area contributed by atoms with Crippen LogP contribution in [0, 0.1) is 6.92 Å². The average molecular weight is 193 g/mol. The van der Waals surface area contributed by atoms with E-state index in [-0.39, 0.29) is 0 Å². The first-order valence-corrected chi connectivity index (χ1v) is 4.98. The fraction of sp³-hybridized carbons (Fsp3) is 0.500. The highest BCUT2D eigenvalue weighted by Gasteiger charge is 2.09. The van der Waals surface area contributed by atoms with Gasteiger partial charge in [0.2, 0.25) is 0 Å². The molecule has 1 unspecified atom stereocenters. The molecule has 1 rings (SSSR count). The lowest BCUT2D eigenvalue weighted by Gasteiger charge is -2.16. The number of nitrogens with one attached hydrogen (secondary N) is 1. The van der Waals surface area contributed by atoms with Crippen molar-refractivity contribution in [3.8, 4) is 0 Å². The Morgan fingerprint density at radius 1 is 1.43 bits per heavy atom. The number of likely N-dealkylation sites (N-methyl/N-ethyl adjacent to an activating group) is 1. The van der Waals surface area contributed by atoms with Gasteiger partial charge in [0.25, 0.3) is 0 Å². The number of aryl methyl sites for hydroxylation is 1. The topological polar surface area (TPSA) is 21.3 Å². The molecule has 0 radical (unpaired) electrons. The summed E-state index contributed by atoms with van der Waals surface area (Å²) < 4.78 is 5.21. The number of benzene rings is 1. The Hall–Kier alpha value is -0.860. The maximum Gasteiger partial charge on any atom is 0.0543 e. The van der Waals surface area contributed by atoms with Crippen LogP contribution >= 0.6 is 0 Å². The summed E-state index contributed by atoms with van der Waals surface area (Å²) in [6.07, 6.45) is 0. The van der Waals surface area contributed by atoms with Crippen LogP contribution in [0.5, 0.6) is 0 Å². The van der Waals surface area contributed by atoms with E-state index in [1.54, 1.807) is 7.11 Å². The van der Waals surface area contributed by atoms with Crippen molar-refractivity contribution in [1.29, 1.82) is 0 Å². The fourth-order valence-corrected chi connectivity index (χ4v) is 1.64. The Balaban J connectivity index is 2.75. The monoisotopic (exact) mass is 193 g/mol. The number of hydrogen-bond donors (Lipinski definition) is 1. The van der Waals surface area contributed by atoms with Gasteiger partial charge in [0, 0.05) is 19.6 Å². The van der Waals surface area contributed by atoms with Crippen molar-refractivity contribution in [2.75, 3.05) is 27.3 Å². The molecule has 78 valence electrons. The van der Waals surface area contributed by atoms with Crippen LogP contribution < -0.4 is 5.32 Å². The molecule has 1 aromatic carbocycles. The molecule has 1 atom stereocenters. The predicted octanol–water partition coefficient (Wildman–Crippen LogP) is 1.94. The molecule has 0 saturated heterocycles. The predicted molar refractivity (Wildman–Crippen MR) is 59.7 cm³/mol. The van der Waals surface area contributed by atoms with E-state index in [1.807, 2.05) is 7.05 Å². The summed E-state index contributed by atoms with van der Waals surface area (Å²) in [6.45, 7) is 3.84. The van der Waals surface area contributed by atoms with E-state index in [2.05, 4.69) is 36.5 Å². The molecular formula is C12H19NO. The highest BCUT2D eigenvalue weighted by atomic mass is 16.5. The molecule has 0 aromatic heterocycles. The van der Waals surface area contributed by atoms with Gasteiger partial charge in [-0.2, -0.15) is 0 Å². The first-order chi connectivity index (χ1) is 6.77. The van der Waals surface area contributed by atoms with Gasteiger partial charge in [-0.05, 0) is 19.5 Å². The van der Waals surface area contributed by atoms with Gasteiger partial charge in [-0.1, -0.05) is 29.8 Å². The molecule has 2 heteroatoms. The highest BCUT2D eigenvalue weighted by Crippen LogP contribution is 2.16. The van der Waals surface area contributed by atoms with E-state index in [1.165, 1.54) is 11.1 Å². The quantitative estimate of drug-likeness (QED) is 0.771. The van der Waals surface area contributed by atoms with Gasteiger partial charge in [0.15, 0.2) is 0 Å².